The normalized spacial score (nSPS) is 13.7. The van der Waals surface area contributed by atoms with Crippen molar-refractivity contribution in [3.63, 3.8) is 0 Å². The number of allylic oxidation sites excluding steroid dienone is 3. The number of benzene rings is 1. The molecule has 0 fully saturated rings. The molecule has 234 valence electrons. The van der Waals surface area contributed by atoms with Crippen LogP contribution < -0.4 is 0 Å². The van der Waals surface area contributed by atoms with Crippen LogP contribution in [0.25, 0.3) is 5.57 Å². The van der Waals surface area contributed by atoms with Gasteiger partial charge in [0.2, 0.25) is 0 Å². The van der Waals surface area contributed by atoms with Crippen molar-refractivity contribution in [2.24, 2.45) is 0 Å². The predicted octanol–water partition coefficient (Wildman–Crippen LogP) is 10.5. The first-order chi connectivity index (χ1) is 19.4. The van der Waals surface area contributed by atoms with Crippen molar-refractivity contribution in [1.29, 1.82) is 0 Å². The van der Waals surface area contributed by atoms with Crippen molar-refractivity contribution in [2.45, 2.75) is 124 Å². The number of rotatable bonds is 14. The third kappa shape index (κ3) is 10.7. The molecular weight excluding hydrogens is 573 g/mol. The Morgan fingerprint density at radius 2 is 1.40 bits per heavy atom. The summed E-state index contributed by atoms with van der Waals surface area (Å²) < 4.78 is 18.3. The average Bonchev–Trinajstić information content (AvgIpc) is 3.35. The van der Waals surface area contributed by atoms with Crippen molar-refractivity contribution in [3.8, 4) is 0 Å². The van der Waals surface area contributed by atoms with Gasteiger partial charge in [-0.2, -0.15) is 0 Å². The van der Waals surface area contributed by atoms with E-state index in [9.17, 15) is 4.79 Å². The zero-order valence-corrected chi connectivity index (χ0v) is 31.2. The fourth-order valence-corrected chi connectivity index (χ4v) is 6.78. The lowest BCUT2D eigenvalue weighted by Gasteiger charge is -2.37. The van der Waals surface area contributed by atoms with E-state index >= 15 is 0 Å². The number of ether oxygens (including phenoxy) is 1. The van der Waals surface area contributed by atoms with E-state index < -0.39 is 16.6 Å². The molecule has 0 aliphatic heterocycles. The van der Waals surface area contributed by atoms with Crippen LogP contribution in [0.2, 0.25) is 36.3 Å². The first-order valence-corrected chi connectivity index (χ1v) is 22.1. The molecule has 0 amide bonds. The molecule has 0 aliphatic carbocycles. The highest BCUT2D eigenvalue weighted by Crippen LogP contribution is 2.39. The standard InChI is InChI=1S/C35H56O4SSi2/c1-13-29(16-15-17-33(36)37-14-2)32-23-28(26-40-32)19-18-27-20-21-30(24-38-41(9,10)34(3,4)5)31(22-27)25-39-42(11,12)35(6,7)8/h15-17,20-23,26H,13-14,18-19,24-25H2,1-12H3/b17-15+,29-16+. The molecule has 2 aromatic rings. The molecule has 42 heavy (non-hydrogen) atoms. The zero-order chi connectivity index (χ0) is 31.8. The minimum absolute atomic E-state index is 0.166. The molecule has 0 radical (unpaired) electrons. The SMILES string of the molecule is CCOC(=O)/C=C/C=C(\CC)c1cc(CCc2ccc(CO[Si](C)(C)C(C)(C)C)c(CO[Si](C)(C)C(C)(C)C)c2)cs1. The van der Waals surface area contributed by atoms with Crippen molar-refractivity contribution < 1.29 is 18.4 Å². The molecule has 0 atom stereocenters. The Bertz CT molecular complexity index is 1230. The molecule has 0 unspecified atom stereocenters. The Kier molecular flexibility index (Phi) is 13.3. The topological polar surface area (TPSA) is 44.8 Å². The summed E-state index contributed by atoms with van der Waals surface area (Å²) >= 11 is 1.77. The van der Waals surface area contributed by atoms with E-state index in [0.29, 0.717) is 19.8 Å². The summed E-state index contributed by atoms with van der Waals surface area (Å²) in [5.74, 6) is -0.303. The summed E-state index contributed by atoms with van der Waals surface area (Å²) in [6.07, 6.45) is 8.16. The van der Waals surface area contributed by atoms with Gasteiger partial charge in [-0.3, -0.25) is 0 Å². The van der Waals surface area contributed by atoms with Gasteiger partial charge in [-0.1, -0.05) is 78.8 Å². The first kappa shape index (κ1) is 36.4. The molecule has 2 rings (SSSR count). The number of thiophene rings is 1. The van der Waals surface area contributed by atoms with E-state index in [1.54, 1.807) is 17.4 Å². The van der Waals surface area contributed by atoms with Crippen LogP contribution >= 0.6 is 11.3 Å². The van der Waals surface area contributed by atoms with Crippen LogP contribution in [-0.2, 0) is 44.4 Å². The monoisotopic (exact) mass is 628 g/mol. The van der Waals surface area contributed by atoms with E-state index in [1.807, 2.05) is 13.0 Å². The van der Waals surface area contributed by atoms with Crippen LogP contribution in [0.4, 0.5) is 0 Å². The highest BCUT2D eigenvalue weighted by molar-refractivity contribution is 7.11. The summed E-state index contributed by atoms with van der Waals surface area (Å²) in [5, 5.41) is 2.60. The largest absolute Gasteiger partial charge is 0.463 e. The second-order valence-electron chi connectivity index (χ2n) is 14.2. The summed E-state index contributed by atoms with van der Waals surface area (Å²) in [6.45, 7) is 28.7. The smallest absolute Gasteiger partial charge is 0.330 e. The number of carbonyl (C=O) groups excluding carboxylic acids is 1. The Labute approximate surface area is 262 Å². The van der Waals surface area contributed by atoms with Crippen molar-refractivity contribution in [1.82, 2.24) is 0 Å². The van der Waals surface area contributed by atoms with Gasteiger partial charge < -0.3 is 13.6 Å². The van der Waals surface area contributed by atoms with Crippen LogP contribution in [0.3, 0.4) is 0 Å². The lowest BCUT2D eigenvalue weighted by Crippen LogP contribution is -2.41. The number of hydrogen-bond acceptors (Lipinski definition) is 5. The van der Waals surface area contributed by atoms with Crippen molar-refractivity contribution >= 4 is 39.5 Å². The summed E-state index contributed by atoms with van der Waals surface area (Å²) in [7, 11) is -3.75. The Morgan fingerprint density at radius 3 is 1.95 bits per heavy atom. The van der Waals surface area contributed by atoms with E-state index in [2.05, 4.69) is 104 Å². The van der Waals surface area contributed by atoms with Gasteiger partial charge in [0.25, 0.3) is 0 Å². The summed E-state index contributed by atoms with van der Waals surface area (Å²) in [4.78, 5) is 12.9. The van der Waals surface area contributed by atoms with Crippen LogP contribution in [0, 0.1) is 0 Å². The number of esters is 1. The summed E-state index contributed by atoms with van der Waals surface area (Å²) in [5.41, 5.74) is 6.40. The fourth-order valence-electron chi connectivity index (χ4n) is 3.83. The molecule has 0 aliphatic rings. The highest BCUT2D eigenvalue weighted by atomic mass is 32.1. The van der Waals surface area contributed by atoms with Gasteiger partial charge in [0.15, 0.2) is 16.6 Å². The maximum atomic E-state index is 11.6. The first-order valence-electron chi connectivity index (χ1n) is 15.4. The van der Waals surface area contributed by atoms with Crippen molar-refractivity contribution in [3.05, 3.63) is 75.0 Å². The molecule has 0 N–H and O–H groups in total. The quantitative estimate of drug-likeness (QED) is 0.0904. The maximum Gasteiger partial charge on any atom is 0.330 e. The Morgan fingerprint density at radius 1 is 0.833 bits per heavy atom. The van der Waals surface area contributed by atoms with E-state index in [-0.39, 0.29) is 16.0 Å². The molecule has 0 saturated heterocycles. The Balaban J connectivity index is 2.21. The highest BCUT2D eigenvalue weighted by Gasteiger charge is 2.38. The number of aryl methyl sites for hydroxylation is 2. The molecule has 0 bridgehead atoms. The van der Waals surface area contributed by atoms with E-state index in [1.165, 1.54) is 38.8 Å². The minimum atomic E-state index is -1.89. The van der Waals surface area contributed by atoms with E-state index in [0.717, 1.165) is 19.3 Å². The third-order valence-electron chi connectivity index (χ3n) is 8.93. The second kappa shape index (κ2) is 15.3. The lowest BCUT2D eigenvalue weighted by molar-refractivity contribution is -0.137. The third-order valence-corrected chi connectivity index (χ3v) is 18.9. The van der Waals surface area contributed by atoms with Gasteiger partial charge in [0.05, 0.1) is 19.8 Å². The molecule has 1 heterocycles. The number of carbonyl (C=O) groups is 1. The van der Waals surface area contributed by atoms with Gasteiger partial charge in [-0.15, -0.1) is 11.3 Å². The molecule has 4 nitrogen and oxygen atoms in total. The van der Waals surface area contributed by atoms with Crippen LogP contribution in [-0.4, -0.2) is 29.2 Å². The molecular formula is C35H56O4SSi2. The molecule has 1 aromatic heterocycles. The lowest BCUT2D eigenvalue weighted by atomic mass is 10.00. The summed E-state index contributed by atoms with van der Waals surface area (Å²) in [6, 6.07) is 9.17. The Hall–Kier alpha value is -1.78. The molecule has 0 saturated carbocycles. The van der Waals surface area contributed by atoms with Gasteiger partial charge in [0, 0.05) is 11.0 Å². The molecule has 7 heteroatoms. The molecule has 0 spiro atoms. The van der Waals surface area contributed by atoms with Gasteiger partial charge in [-0.25, -0.2) is 4.79 Å². The van der Waals surface area contributed by atoms with E-state index in [4.69, 9.17) is 13.6 Å². The van der Waals surface area contributed by atoms with Crippen LogP contribution in [0.15, 0.2) is 47.9 Å². The minimum Gasteiger partial charge on any atom is -0.463 e. The maximum absolute atomic E-state index is 11.6. The van der Waals surface area contributed by atoms with Gasteiger partial charge in [0.1, 0.15) is 0 Å². The van der Waals surface area contributed by atoms with Crippen LogP contribution in [0.5, 0.6) is 0 Å². The van der Waals surface area contributed by atoms with Gasteiger partial charge >= 0.3 is 5.97 Å². The van der Waals surface area contributed by atoms with Crippen LogP contribution in [0.1, 0.15) is 88.9 Å². The fraction of sp³-hybridized carbons (Fsp3) is 0.571. The van der Waals surface area contributed by atoms with Gasteiger partial charge in [-0.05, 0) is 102 Å². The second-order valence-corrected chi connectivity index (χ2v) is 24.7. The average molecular weight is 629 g/mol. The van der Waals surface area contributed by atoms with Crippen molar-refractivity contribution in [2.75, 3.05) is 6.61 Å². The predicted molar refractivity (Wildman–Crippen MR) is 186 cm³/mol. The number of hydrogen-bond donors (Lipinski definition) is 0. The molecule has 1 aromatic carbocycles. The zero-order valence-electron chi connectivity index (χ0n) is 28.4.